The molecule has 0 unspecified atom stereocenters. The summed E-state index contributed by atoms with van der Waals surface area (Å²) in [5.74, 6) is -1.59. The molecule has 0 spiro atoms. The van der Waals surface area contributed by atoms with E-state index in [9.17, 15) is 24.8 Å². The number of carboxylic acid groups (broad SMARTS) is 1. The summed E-state index contributed by atoms with van der Waals surface area (Å²) in [5, 5.41) is 19.7. The van der Waals surface area contributed by atoms with Crippen molar-refractivity contribution >= 4 is 17.6 Å². The van der Waals surface area contributed by atoms with Gasteiger partial charge in [0.15, 0.2) is 0 Å². The van der Waals surface area contributed by atoms with Gasteiger partial charge in [0.05, 0.1) is 4.92 Å². The summed E-state index contributed by atoms with van der Waals surface area (Å²) in [6.07, 6.45) is 0. The van der Waals surface area contributed by atoms with Gasteiger partial charge in [-0.2, -0.15) is 0 Å². The molecule has 0 saturated heterocycles. The Morgan fingerprint density at radius 1 is 1.30 bits per heavy atom. The number of hydrogen-bond donors (Lipinski definition) is 1. The quantitative estimate of drug-likeness (QED) is 0.656. The molecular formula is C13H16N2O5. The zero-order valence-electron chi connectivity index (χ0n) is 11.5. The summed E-state index contributed by atoms with van der Waals surface area (Å²) in [6.45, 7) is 4.76. The van der Waals surface area contributed by atoms with E-state index in [0.717, 1.165) is 0 Å². The number of hydrogen-bond acceptors (Lipinski definition) is 4. The monoisotopic (exact) mass is 280 g/mol. The molecular weight excluding hydrogens is 264 g/mol. The van der Waals surface area contributed by atoms with Crippen LogP contribution in [0.25, 0.3) is 0 Å². The van der Waals surface area contributed by atoms with E-state index < -0.39 is 22.3 Å². The van der Waals surface area contributed by atoms with Crippen molar-refractivity contribution in [2.45, 2.75) is 26.3 Å². The maximum Gasteiger partial charge on any atom is 0.329 e. The van der Waals surface area contributed by atoms with Gasteiger partial charge >= 0.3 is 5.97 Å². The molecule has 0 aliphatic carbocycles. The van der Waals surface area contributed by atoms with E-state index in [0.29, 0.717) is 0 Å². The molecule has 0 heterocycles. The Morgan fingerprint density at radius 2 is 1.80 bits per heavy atom. The Labute approximate surface area is 116 Å². The minimum Gasteiger partial charge on any atom is -0.480 e. The van der Waals surface area contributed by atoms with Gasteiger partial charge in [-0.25, -0.2) is 4.79 Å². The highest BCUT2D eigenvalue weighted by Gasteiger charge is 2.37. The van der Waals surface area contributed by atoms with Crippen LogP contribution in [0.3, 0.4) is 0 Å². The van der Waals surface area contributed by atoms with Crippen LogP contribution < -0.4 is 0 Å². The van der Waals surface area contributed by atoms with Gasteiger partial charge in [-0.15, -0.1) is 0 Å². The average molecular weight is 280 g/mol. The first-order valence-corrected chi connectivity index (χ1v) is 6.01. The van der Waals surface area contributed by atoms with Crippen LogP contribution in [0.1, 0.15) is 31.1 Å². The van der Waals surface area contributed by atoms with Gasteiger partial charge in [-0.1, -0.05) is 0 Å². The average Bonchev–Trinajstić information content (AvgIpc) is 2.39. The molecule has 0 fully saturated rings. The molecule has 1 rings (SSSR count). The van der Waals surface area contributed by atoms with Gasteiger partial charge in [0.1, 0.15) is 5.54 Å². The molecule has 0 atom stereocenters. The van der Waals surface area contributed by atoms with Crippen molar-refractivity contribution in [3.05, 3.63) is 39.9 Å². The summed E-state index contributed by atoms with van der Waals surface area (Å²) >= 11 is 0. The maximum absolute atomic E-state index is 12.3. The van der Waals surface area contributed by atoms with Crippen molar-refractivity contribution in [3.8, 4) is 0 Å². The largest absolute Gasteiger partial charge is 0.480 e. The van der Waals surface area contributed by atoms with Crippen LogP contribution in [-0.4, -0.2) is 38.9 Å². The highest BCUT2D eigenvalue weighted by atomic mass is 16.6. The van der Waals surface area contributed by atoms with Crippen LogP contribution in [-0.2, 0) is 4.79 Å². The second-order valence-electron chi connectivity index (χ2n) is 4.72. The van der Waals surface area contributed by atoms with Gasteiger partial charge < -0.3 is 10.0 Å². The van der Waals surface area contributed by atoms with Crippen molar-refractivity contribution in [3.63, 3.8) is 0 Å². The van der Waals surface area contributed by atoms with Crippen LogP contribution in [0, 0.1) is 10.1 Å². The van der Waals surface area contributed by atoms with Gasteiger partial charge in [-0.05, 0) is 32.9 Å². The second-order valence-corrected chi connectivity index (χ2v) is 4.72. The molecule has 0 aliphatic rings. The van der Waals surface area contributed by atoms with Gasteiger partial charge in [0.2, 0.25) is 0 Å². The number of carboxylic acids is 1. The first kappa shape index (κ1) is 15.6. The Bertz CT molecular complexity index is 536. The van der Waals surface area contributed by atoms with Crippen LogP contribution in [0.15, 0.2) is 24.3 Å². The predicted octanol–water partition coefficient (Wildman–Crippen LogP) is 1.92. The number of likely N-dealkylation sites (N-methyl/N-ethyl adjacent to an activating group) is 1. The van der Waals surface area contributed by atoms with E-state index in [1.807, 2.05) is 0 Å². The molecule has 1 amide bonds. The molecule has 0 radical (unpaired) electrons. The summed E-state index contributed by atoms with van der Waals surface area (Å²) in [6, 6.07) is 5.08. The molecule has 1 aromatic carbocycles. The molecule has 1 N–H and O–H groups in total. The lowest BCUT2D eigenvalue weighted by molar-refractivity contribution is -0.384. The Hall–Kier alpha value is -2.44. The SMILES string of the molecule is CCN(C(=O)c1ccc([N+](=O)[O-])cc1)C(C)(C)C(=O)O. The van der Waals surface area contributed by atoms with Crippen LogP contribution >= 0.6 is 0 Å². The van der Waals surface area contributed by atoms with Crippen molar-refractivity contribution < 1.29 is 19.6 Å². The number of carbonyl (C=O) groups is 2. The van der Waals surface area contributed by atoms with E-state index in [-0.39, 0.29) is 17.8 Å². The number of nitro benzene ring substituents is 1. The molecule has 1 aromatic rings. The topological polar surface area (TPSA) is 101 Å². The van der Waals surface area contributed by atoms with Crippen molar-refractivity contribution in [1.29, 1.82) is 0 Å². The number of benzene rings is 1. The number of rotatable bonds is 5. The maximum atomic E-state index is 12.3. The lowest BCUT2D eigenvalue weighted by Crippen LogP contribution is -2.52. The van der Waals surface area contributed by atoms with Crippen LogP contribution in [0.4, 0.5) is 5.69 Å². The molecule has 20 heavy (non-hydrogen) atoms. The van der Waals surface area contributed by atoms with Crippen molar-refractivity contribution in [2.24, 2.45) is 0 Å². The van der Waals surface area contributed by atoms with Crippen molar-refractivity contribution in [2.75, 3.05) is 6.54 Å². The summed E-state index contributed by atoms with van der Waals surface area (Å²) in [5.41, 5.74) is -1.26. The third-order valence-electron chi connectivity index (χ3n) is 3.08. The molecule has 108 valence electrons. The number of non-ortho nitro benzene ring substituents is 1. The smallest absolute Gasteiger partial charge is 0.329 e. The summed E-state index contributed by atoms with van der Waals surface area (Å²) < 4.78 is 0. The number of nitrogens with zero attached hydrogens (tertiary/aromatic N) is 2. The van der Waals surface area contributed by atoms with E-state index in [1.54, 1.807) is 6.92 Å². The third kappa shape index (κ3) is 2.93. The fraction of sp³-hybridized carbons (Fsp3) is 0.385. The molecule has 0 aromatic heterocycles. The fourth-order valence-electron chi connectivity index (χ4n) is 1.79. The Kier molecular flexibility index (Phi) is 4.44. The normalized spacial score (nSPS) is 10.9. The fourth-order valence-corrected chi connectivity index (χ4v) is 1.79. The lowest BCUT2D eigenvalue weighted by atomic mass is 10.0. The van der Waals surface area contributed by atoms with Gasteiger partial charge in [0, 0.05) is 24.2 Å². The number of aliphatic carboxylic acids is 1. The molecule has 7 nitrogen and oxygen atoms in total. The number of carbonyl (C=O) groups excluding carboxylic acids is 1. The van der Waals surface area contributed by atoms with E-state index in [2.05, 4.69) is 0 Å². The standard InChI is InChI=1S/C13H16N2O5/c1-4-14(13(2,3)12(17)18)11(16)9-5-7-10(8-6-9)15(19)20/h5-8H,4H2,1-3H3,(H,17,18). The lowest BCUT2D eigenvalue weighted by Gasteiger charge is -2.34. The van der Waals surface area contributed by atoms with E-state index in [4.69, 9.17) is 0 Å². The molecule has 7 heteroatoms. The van der Waals surface area contributed by atoms with Crippen molar-refractivity contribution in [1.82, 2.24) is 4.90 Å². The highest BCUT2D eigenvalue weighted by molar-refractivity contribution is 5.97. The number of nitro groups is 1. The van der Waals surface area contributed by atoms with Crippen LogP contribution in [0.5, 0.6) is 0 Å². The second kappa shape index (κ2) is 5.68. The minimum atomic E-state index is -1.35. The first-order valence-electron chi connectivity index (χ1n) is 6.01. The number of amides is 1. The van der Waals surface area contributed by atoms with Gasteiger partial charge in [0.25, 0.3) is 11.6 Å². The summed E-state index contributed by atoms with van der Waals surface area (Å²) in [7, 11) is 0. The first-order chi connectivity index (χ1) is 9.21. The van der Waals surface area contributed by atoms with E-state index in [1.165, 1.54) is 43.0 Å². The third-order valence-corrected chi connectivity index (χ3v) is 3.08. The highest BCUT2D eigenvalue weighted by Crippen LogP contribution is 2.20. The molecule has 0 bridgehead atoms. The Morgan fingerprint density at radius 3 is 2.15 bits per heavy atom. The predicted molar refractivity (Wildman–Crippen MR) is 71.5 cm³/mol. The zero-order valence-corrected chi connectivity index (χ0v) is 11.5. The zero-order chi connectivity index (χ0) is 15.5. The molecule has 0 saturated carbocycles. The van der Waals surface area contributed by atoms with Crippen LogP contribution in [0.2, 0.25) is 0 Å². The van der Waals surface area contributed by atoms with Gasteiger partial charge in [-0.3, -0.25) is 14.9 Å². The summed E-state index contributed by atoms with van der Waals surface area (Å²) in [4.78, 5) is 34.7. The minimum absolute atomic E-state index is 0.123. The van der Waals surface area contributed by atoms with E-state index >= 15 is 0 Å². The molecule has 0 aliphatic heterocycles. The Balaban J connectivity index is 3.09.